The van der Waals surface area contributed by atoms with Gasteiger partial charge in [0.15, 0.2) is 0 Å². The lowest BCUT2D eigenvalue weighted by atomic mass is 10.0. The molecule has 1 aliphatic rings. The van der Waals surface area contributed by atoms with Crippen molar-refractivity contribution in [1.82, 2.24) is 15.1 Å². The monoisotopic (exact) mass is 341 g/mol. The lowest BCUT2D eigenvalue weighted by molar-refractivity contribution is -0.140. The molecule has 0 bridgehead atoms. The number of nitrogens with zero attached hydrogens (tertiary/aromatic N) is 2. The molecule has 0 aromatic heterocycles. The highest BCUT2D eigenvalue weighted by atomic mass is 16.6. The van der Waals surface area contributed by atoms with Crippen LogP contribution < -0.4 is 5.32 Å². The molecule has 1 heterocycles. The Bertz CT molecular complexity index is 471. The number of carbonyl (C=O) groups excluding carboxylic acids is 3. The minimum absolute atomic E-state index is 0.0182. The highest BCUT2D eigenvalue weighted by molar-refractivity contribution is 5.89. The second kappa shape index (κ2) is 8.35. The molecule has 1 N–H and O–H groups in total. The largest absolute Gasteiger partial charge is 0.444 e. The van der Waals surface area contributed by atoms with E-state index < -0.39 is 17.7 Å². The van der Waals surface area contributed by atoms with Crippen molar-refractivity contribution in [1.29, 1.82) is 0 Å². The van der Waals surface area contributed by atoms with E-state index in [1.165, 1.54) is 9.80 Å². The molecule has 0 saturated carbocycles. The fourth-order valence-electron chi connectivity index (χ4n) is 2.64. The highest BCUT2D eigenvalue weighted by Crippen LogP contribution is 2.21. The van der Waals surface area contributed by atoms with E-state index in [0.29, 0.717) is 13.0 Å². The molecule has 7 heteroatoms. The minimum atomic E-state index is -0.606. The van der Waals surface area contributed by atoms with E-state index >= 15 is 0 Å². The average Bonchev–Trinajstić information content (AvgIpc) is 2.43. The van der Waals surface area contributed by atoms with Gasteiger partial charge in [-0.2, -0.15) is 0 Å². The van der Waals surface area contributed by atoms with Crippen molar-refractivity contribution in [3.05, 3.63) is 0 Å². The van der Waals surface area contributed by atoms with Crippen LogP contribution in [0, 0.1) is 0 Å². The summed E-state index contributed by atoms with van der Waals surface area (Å²) in [5, 5.41) is 2.76. The van der Waals surface area contributed by atoms with Crippen molar-refractivity contribution in [2.45, 2.75) is 71.6 Å². The van der Waals surface area contributed by atoms with Crippen LogP contribution in [0.5, 0.6) is 0 Å². The molecule has 1 rings (SSSR count). The Morgan fingerprint density at radius 3 is 2.42 bits per heavy atom. The van der Waals surface area contributed by atoms with E-state index in [-0.39, 0.29) is 24.4 Å². The van der Waals surface area contributed by atoms with Gasteiger partial charge in [0.2, 0.25) is 11.8 Å². The number of likely N-dealkylation sites (N-methyl/N-ethyl adjacent to an activating group) is 1. The van der Waals surface area contributed by atoms with Gasteiger partial charge in [-0.3, -0.25) is 14.5 Å². The van der Waals surface area contributed by atoms with Crippen LogP contribution in [0.4, 0.5) is 4.79 Å². The lowest BCUT2D eigenvalue weighted by Gasteiger charge is -2.37. The standard InChI is InChI=1S/C17H31N3O4/c1-12(2)18-14(21)11-19(6)15(22)13-9-7-8-10-20(13)16(23)24-17(3,4)5/h12-13H,7-11H2,1-6H3,(H,18,21)/t13-/m0/s1. The van der Waals surface area contributed by atoms with Gasteiger partial charge in [0.1, 0.15) is 11.6 Å². The first-order valence-corrected chi connectivity index (χ1v) is 8.55. The predicted octanol–water partition coefficient (Wildman–Crippen LogP) is 1.76. The number of amides is 3. The number of carbonyl (C=O) groups is 3. The molecule has 1 atom stereocenters. The highest BCUT2D eigenvalue weighted by Gasteiger charge is 2.36. The van der Waals surface area contributed by atoms with Crippen LogP contribution in [0.2, 0.25) is 0 Å². The van der Waals surface area contributed by atoms with Gasteiger partial charge in [-0.15, -0.1) is 0 Å². The molecule has 7 nitrogen and oxygen atoms in total. The number of nitrogens with one attached hydrogen (secondary N) is 1. The second-order valence-electron chi connectivity index (χ2n) is 7.60. The zero-order valence-electron chi connectivity index (χ0n) is 15.7. The first-order chi connectivity index (χ1) is 11.0. The molecule has 0 aromatic rings. The summed E-state index contributed by atoms with van der Waals surface area (Å²) in [6.45, 7) is 9.61. The minimum Gasteiger partial charge on any atom is -0.444 e. The van der Waals surface area contributed by atoms with Gasteiger partial charge in [0.05, 0.1) is 6.54 Å². The topological polar surface area (TPSA) is 79.0 Å². The Morgan fingerprint density at radius 1 is 1.25 bits per heavy atom. The summed E-state index contributed by atoms with van der Waals surface area (Å²) in [5.74, 6) is -0.431. The quantitative estimate of drug-likeness (QED) is 0.845. The first kappa shape index (κ1) is 20.3. The summed E-state index contributed by atoms with van der Waals surface area (Å²) >= 11 is 0. The summed E-state index contributed by atoms with van der Waals surface area (Å²) in [5.41, 5.74) is -0.606. The van der Waals surface area contributed by atoms with Crippen molar-refractivity contribution in [3.8, 4) is 0 Å². The summed E-state index contributed by atoms with van der Waals surface area (Å²) in [4.78, 5) is 39.8. The number of rotatable bonds is 4. The third-order valence-electron chi connectivity index (χ3n) is 3.62. The lowest BCUT2D eigenvalue weighted by Crippen LogP contribution is -2.54. The first-order valence-electron chi connectivity index (χ1n) is 8.55. The summed E-state index contributed by atoms with van der Waals surface area (Å²) < 4.78 is 5.41. The fourth-order valence-corrected chi connectivity index (χ4v) is 2.64. The molecule has 0 unspecified atom stereocenters. The second-order valence-corrected chi connectivity index (χ2v) is 7.60. The molecule has 0 spiro atoms. The van der Waals surface area contributed by atoms with Gasteiger partial charge in [-0.1, -0.05) is 0 Å². The Labute approximate surface area is 144 Å². The molecule has 1 fully saturated rings. The SMILES string of the molecule is CC(C)NC(=O)CN(C)C(=O)[C@@H]1CCCCN1C(=O)OC(C)(C)C. The van der Waals surface area contributed by atoms with Gasteiger partial charge >= 0.3 is 6.09 Å². The van der Waals surface area contributed by atoms with Crippen molar-refractivity contribution >= 4 is 17.9 Å². The molecule has 1 aliphatic heterocycles. The van der Waals surface area contributed by atoms with Gasteiger partial charge in [0, 0.05) is 19.6 Å². The molecule has 1 saturated heterocycles. The molecule has 0 radical (unpaired) electrons. The van der Waals surface area contributed by atoms with Gasteiger partial charge in [-0.25, -0.2) is 4.79 Å². The number of likely N-dealkylation sites (tertiary alicyclic amines) is 1. The van der Waals surface area contributed by atoms with Gasteiger partial charge < -0.3 is 15.0 Å². The van der Waals surface area contributed by atoms with E-state index in [0.717, 1.165) is 12.8 Å². The summed E-state index contributed by atoms with van der Waals surface area (Å²) in [7, 11) is 1.59. The number of ether oxygens (including phenoxy) is 1. The zero-order chi connectivity index (χ0) is 18.5. The van der Waals surface area contributed by atoms with E-state index in [1.54, 1.807) is 27.8 Å². The zero-order valence-corrected chi connectivity index (χ0v) is 15.7. The van der Waals surface area contributed by atoms with Crippen LogP contribution in [-0.4, -0.2) is 65.5 Å². The molecule has 3 amide bonds. The van der Waals surface area contributed by atoms with E-state index in [1.807, 2.05) is 13.8 Å². The molecule has 0 aliphatic carbocycles. The molecular weight excluding hydrogens is 310 g/mol. The average molecular weight is 341 g/mol. The van der Waals surface area contributed by atoms with Crippen LogP contribution in [0.3, 0.4) is 0 Å². The Hall–Kier alpha value is -1.79. The van der Waals surface area contributed by atoms with E-state index in [4.69, 9.17) is 4.74 Å². The molecular formula is C17H31N3O4. The summed E-state index contributed by atoms with van der Waals surface area (Å²) in [6, 6.07) is -0.542. The van der Waals surface area contributed by atoms with E-state index in [2.05, 4.69) is 5.32 Å². The van der Waals surface area contributed by atoms with Crippen LogP contribution in [-0.2, 0) is 14.3 Å². The van der Waals surface area contributed by atoms with Gasteiger partial charge in [-0.05, 0) is 53.9 Å². The van der Waals surface area contributed by atoms with Crippen LogP contribution in [0.15, 0.2) is 0 Å². The van der Waals surface area contributed by atoms with Crippen LogP contribution in [0.25, 0.3) is 0 Å². The Morgan fingerprint density at radius 2 is 1.88 bits per heavy atom. The molecule has 138 valence electrons. The van der Waals surface area contributed by atoms with Crippen molar-refractivity contribution in [3.63, 3.8) is 0 Å². The summed E-state index contributed by atoms with van der Waals surface area (Å²) in [6.07, 6.45) is 1.84. The van der Waals surface area contributed by atoms with Crippen molar-refractivity contribution < 1.29 is 19.1 Å². The Balaban J connectivity index is 2.74. The number of hydrogen-bond acceptors (Lipinski definition) is 4. The number of hydrogen-bond donors (Lipinski definition) is 1. The van der Waals surface area contributed by atoms with Crippen LogP contribution >= 0.6 is 0 Å². The maximum Gasteiger partial charge on any atom is 0.410 e. The van der Waals surface area contributed by atoms with Crippen LogP contribution in [0.1, 0.15) is 53.9 Å². The predicted molar refractivity (Wildman–Crippen MR) is 91.5 cm³/mol. The molecule has 0 aromatic carbocycles. The smallest absolute Gasteiger partial charge is 0.410 e. The number of piperidine rings is 1. The van der Waals surface area contributed by atoms with Crippen molar-refractivity contribution in [2.75, 3.05) is 20.1 Å². The third kappa shape index (κ3) is 6.37. The maximum absolute atomic E-state index is 12.7. The fraction of sp³-hybridized carbons (Fsp3) is 0.824. The Kier molecular flexibility index (Phi) is 7.05. The van der Waals surface area contributed by atoms with Gasteiger partial charge in [0.25, 0.3) is 0 Å². The van der Waals surface area contributed by atoms with E-state index in [9.17, 15) is 14.4 Å². The molecule has 24 heavy (non-hydrogen) atoms. The maximum atomic E-state index is 12.7. The normalized spacial score (nSPS) is 18.3. The van der Waals surface area contributed by atoms with Crippen molar-refractivity contribution in [2.24, 2.45) is 0 Å². The third-order valence-corrected chi connectivity index (χ3v) is 3.62.